The number of rotatable bonds is 5. The summed E-state index contributed by atoms with van der Waals surface area (Å²) in [6.07, 6.45) is -3.56. The monoisotopic (exact) mass is 287 g/mol. The van der Waals surface area contributed by atoms with Crippen molar-refractivity contribution >= 4 is 11.5 Å². The predicted molar refractivity (Wildman–Crippen MR) is 75.2 cm³/mol. The molecule has 1 aromatic rings. The third-order valence-electron chi connectivity index (χ3n) is 3.32. The standard InChI is InChI=1S/C14H20F3N3/c1-4-9(2)8-20(3)10-5-6-11(13(18)19)12(7-10)14(15,16)17/h5-7,9H,4,8H2,1-3H3,(H3,18,19). The maximum Gasteiger partial charge on any atom is 0.417 e. The highest BCUT2D eigenvalue weighted by Gasteiger charge is 2.34. The Morgan fingerprint density at radius 2 is 2.00 bits per heavy atom. The highest BCUT2D eigenvalue weighted by molar-refractivity contribution is 5.97. The lowest BCUT2D eigenvalue weighted by Crippen LogP contribution is -2.25. The van der Waals surface area contributed by atoms with Crippen molar-refractivity contribution in [2.24, 2.45) is 11.7 Å². The first kappa shape index (κ1) is 16.3. The summed E-state index contributed by atoms with van der Waals surface area (Å²) in [4.78, 5) is 1.79. The summed E-state index contributed by atoms with van der Waals surface area (Å²) >= 11 is 0. The lowest BCUT2D eigenvalue weighted by atomic mass is 10.0. The van der Waals surface area contributed by atoms with Crippen LogP contribution < -0.4 is 10.6 Å². The van der Waals surface area contributed by atoms with Crippen molar-refractivity contribution < 1.29 is 13.2 Å². The lowest BCUT2D eigenvalue weighted by Gasteiger charge is -2.24. The van der Waals surface area contributed by atoms with Crippen LogP contribution in [0.5, 0.6) is 0 Å². The second-order valence-electron chi connectivity index (χ2n) is 5.04. The van der Waals surface area contributed by atoms with E-state index in [1.807, 2.05) is 13.8 Å². The molecule has 0 aliphatic carbocycles. The number of alkyl halides is 3. The number of amidine groups is 1. The van der Waals surface area contributed by atoms with Gasteiger partial charge in [-0.3, -0.25) is 5.41 Å². The van der Waals surface area contributed by atoms with Crippen LogP contribution in [-0.4, -0.2) is 19.4 Å². The molecule has 0 aliphatic heterocycles. The van der Waals surface area contributed by atoms with Crippen LogP contribution in [0, 0.1) is 11.3 Å². The van der Waals surface area contributed by atoms with Crippen molar-refractivity contribution in [1.82, 2.24) is 0 Å². The van der Waals surface area contributed by atoms with E-state index >= 15 is 0 Å². The molecule has 0 saturated carbocycles. The number of hydrogen-bond donors (Lipinski definition) is 2. The van der Waals surface area contributed by atoms with Gasteiger partial charge in [0.1, 0.15) is 5.84 Å². The molecule has 0 fully saturated rings. The number of anilines is 1. The fourth-order valence-electron chi connectivity index (χ4n) is 1.94. The molecule has 0 heterocycles. The van der Waals surface area contributed by atoms with E-state index in [2.05, 4.69) is 0 Å². The van der Waals surface area contributed by atoms with Crippen molar-refractivity contribution in [1.29, 1.82) is 5.41 Å². The van der Waals surface area contributed by atoms with Crippen LogP contribution in [0.25, 0.3) is 0 Å². The Kier molecular flexibility index (Phi) is 5.03. The van der Waals surface area contributed by atoms with Crippen molar-refractivity contribution in [3.05, 3.63) is 29.3 Å². The molecule has 3 nitrogen and oxygen atoms in total. The number of halogens is 3. The maximum absolute atomic E-state index is 13.0. The van der Waals surface area contributed by atoms with Gasteiger partial charge < -0.3 is 10.6 Å². The van der Waals surface area contributed by atoms with Crippen molar-refractivity contribution in [3.8, 4) is 0 Å². The van der Waals surface area contributed by atoms with Crippen molar-refractivity contribution in [3.63, 3.8) is 0 Å². The molecule has 0 saturated heterocycles. The van der Waals surface area contributed by atoms with E-state index in [1.54, 1.807) is 18.0 Å². The molecule has 0 bridgehead atoms. The average molecular weight is 287 g/mol. The molecule has 0 aliphatic rings. The van der Waals surface area contributed by atoms with E-state index in [1.165, 1.54) is 6.07 Å². The smallest absolute Gasteiger partial charge is 0.384 e. The van der Waals surface area contributed by atoms with Crippen LogP contribution in [0.15, 0.2) is 18.2 Å². The van der Waals surface area contributed by atoms with Gasteiger partial charge in [-0.15, -0.1) is 0 Å². The Balaban J connectivity index is 3.16. The van der Waals surface area contributed by atoms with E-state index in [0.717, 1.165) is 12.5 Å². The van der Waals surface area contributed by atoms with Gasteiger partial charge in [0.25, 0.3) is 0 Å². The normalized spacial score (nSPS) is 13.1. The SMILES string of the molecule is CCC(C)CN(C)c1ccc(C(=N)N)c(C(F)(F)F)c1. The lowest BCUT2D eigenvalue weighted by molar-refractivity contribution is -0.137. The summed E-state index contributed by atoms with van der Waals surface area (Å²) < 4.78 is 39.0. The molecule has 0 aromatic heterocycles. The van der Waals surface area contributed by atoms with Crippen LogP contribution in [0.4, 0.5) is 18.9 Å². The Morgan fingerprint density at radius 3 is 2.45 bits per heavy atom. The van der Waals surface area contributed by atoms with Crippen LogP contribution >= 0.6 is 0 Å². The fraction of sp³-hybridized carbons (Fsp3) is 0.500. The highest BCUT2D eigenvalue weighted by Crippen LogP contribution is 2.34. The Bertz CT molecular complexity index is 483. The van der Waals surface area contributed by atoms with E-state index in [0.29, 0.717) is 18.2 Å². The van der Waals surface area contributed by atoms with Gasteiger partial charge in [-0.2, -0.15) is 13.2 Å². The molecular formula is C14H20F3N3. The van der Waals surface area contributed by atoms with Crippen LogP contribution in [-0.2, 0) is 6.18 Å². The summed E-state index contributed by atoms with van der Waals surface area (Å²) in [7, 11) is 1.76. The molecule has 0 radical (unpaired) electrons. The van der Waals surface area contributed by atoms with Gasteiger partial charge in [0.2, 0.25) is 0 Å². The zero-order valence-corrected chi connectivity index (χ0v) is 11.9. The second-order valence-corrected chi connectivity index (χ2v) is 5.04. The van der Waals surface area contributed by atoms with Crippen LogP contribution in [0.1, 0.15) is 31.4 Å². The fourth-order valence-corrected chi connectivity index (χ4v) is 1.94. The Hall–Kier alpha value is -1.72. The number of hydrogen-bond acceptors (Lipinski definition) is 2. The quantitative estimate of drug-likeness (QED) is 0.643. The van der Waals surface area contributed by atoms with Gasteiger partial charge in [0.05, 0.1) is 5.56 Å². The second kappa shape index (κ2) is 6.15. The molecule has 0 spiro atoms. The minimum Gasteiger partial charge on any atom is -0.384 e. The minimum absolute atomic E-state index is 0.279. The van der Waals surface area contributed by atoms with E-state index in [-0.39, 0.29) is 5.56 Å². The molecule has 3 N–H and O–H groups in total. The van der Waals surface area contributed by atoms with Crippen molar-refractivity contribution in [2.75, 3.05) is 18.5 Å². The molecule has 1 rings (SSSR count). The largest absolute Gasteiger partial charge is 0.417 e. The Morgan fingerprint density at radius 1 is 1.40 bits per heavy atom. The molecule has 1 aromatic carbocycles. The first-order valence-corrected chi connectivity index (χ1v) is 6.43. The third kappa shape index (κ3) is 3.88. The van der Waals surface area contributed by atoms with E-state index < -0.39 is 17.6 Å². The zero-order valence-electron chi connectivity index (χ0n) is 11.9. The van der Waals surface area contributed by atoms with Crippen LogP contribution in [0.2, 0.25) is 0 Å². The first-order valence-electron chi connectivity index (χ1n) is 6.43. The van der Waals surface area contributed by atoms with Gasteiger partial charge in [-0.05, 0) is 24.1 Å². The number of nitrogens with two attached hydrogens (primary N) is 1. The summed E-state index contributed by atoms with van der Waals surface area (Å²) in [5.74, 6) is -0.185. The number of nitrogens with zero attached hydrogens (tertiary/aromatic N) is 1. The minimum atomic E-state index is -4.52. The number of benzene rings is 1. The molecule has 1 atom stereocenters. The van der Waals surface area contributed by atoms with Gasteiger partial charge in [0.15, 0.2) is 0 Å². The van der Waals surface area contributed by atoms with E-state index in [9.17, 15) is 13.2 Å². The average Bonchev–Trinajstić information content (AvgIpc) is 2.36. The molecule has 6 heteroatoms. The predicted octanol–water partition coefficient (Wildman–Crippen LogP) is 3.47. The van der Waals surface area contributed by atoms with E-state index in [4.69, 9.17) is 11.1 Å². The summed E-state index contributed by atoms with van der Waals surface area (Å²) in [6.45, 7) is 4.76. The number of nitrogen functional groups attached to an aromatic ring is 1. The van der Waals surface area contributed by atoms with Gasteiger partial charge in [-0.1, -0.05) is 20.3 Å². The maximum atomic E-state index is 13.0. The van der Waals surface area contributed by atoms with Gasteiger partial charge >= 0.3 is 6.18 Å². The summed E-state index contributed by atoms with van der Waals surface area (Å²) in [5.41, 5.74) is 4.54. The highest BCUT2D eigenvalue weighted by atomic mass is 19.4. The molecule has 1 unspecified atom stereocenters. The summed E-state index contributed by atoms with van der Waals surface area (Å²) in [6, 6.07) is 3.88. The molecule has 112 valence electrons. The first-order chi connectivity index (χ1) is 9.16. The topological polar surface area (TPSA) is 53.1 Å². The third-order valence-corrected chi connectivity index (χ3v) is 3.32. The molecular weight excluding hydrogens is 267 g/mol. The Labute approximate surface area is 117 Å². The van der Waals surface area contributed by atoms with Crippen LogP contribution in [0.3, 0.4) is 0 Å². The number of nitrogens with one attached hydrogen (secondary N) is 1. The molecule has 20 heavy (non-hydrogen) atoms. The zero-order chi connectivity index (χ0) is 15.5. The summed E-state index contributed by atoms with van der Waals surface area (Å²) in [5, 5.41) is 7.24. The van der Waals surface area contributed by atoms with Gasteiger partial charge in [-0.25, -0.2) is 0 Å². The molecule has 0 amide bonds. The van der Waals surface area contributed by atoms with Gasteiger partial charge in [0, 0.05) is 24.8 Å². The van der Waals surface area contributed by atoms with Crippen molar-refractivity contribution in [2.45, 2.75) is 26.4 Å².